The minimum Gasteiger partial charge on any atom is -0.496 e. The van der Waals surface area contributed by atoms with Crippen molar-refractivity contribution in [3.63, 3.8) is 0 Å². The van der Waals surface area contributed by atoms with Crippen molar-refractivity contribution in [3.8, 4) is 5.75 Å². The number of hydrogen-bond donors (Lipinski definition) is 0. The van der Waals surface area contributed by atoms with E-state index in [1.165, 1.54) is 0 Å². The van der Waals surface area contributed by atoms with Crippen LogP contribution in [0, 0.1) is 13.8 Å². The Balaban J connectivity index is 2.27. The Kier molecular flexibility index (Phi) is 4.04. The summed E-state index contributed by atoms with van der Waals surface area (Å²) < 4.78 is 11.1. The number of Topliss-reactive ketones (excluding diaryl/α,β-unsaturated/α-hetero) is 1. The molecule has 0 radical (unpaired) electrons. The lowest BCUT2D eigenvalue weighted by Crippen LogP contribution is -2.07. The molecule has 2 heterocycles. The average molecular weight is 324 g/mol. The molecular formula is C14H14BrNO3. The van der Waals surface area contributed by atoms with Crippen molar-refractivity contribution in [2.75, 3.05) is 7.11 Å². The quantitative estimate of drug-likeness (QED) is 0.808. The Bertz CT molecular complexity index is 619. The number of pyridine rings is 1. The standard InChI is InChI=1S/C14H14BrNO3/c1-8-7-16-10(9(2)14(8)18-3)6-11(17)12-4-5-13(15)19-12/h4-5,7H,6H2,1-3H3. The average Bonchev–Trinajstić information content (AvgIpc) is 2.80. The molecule has 0 aliphatic carbocycles. The summed E-state index contributed by atoms with van der Waals surface area (Å²) in [5, 5.41) is 0. The van der Waals surface area contributed by atoms with Crippen molar-refractivity contribution >= 4 is 21.7 Å². The van der Waals surface area contributed by atoms with Crippen molar-refractivity contribution in [3.05, 3.63) is 45.6 Å². The van der Waals surface area contributed by atoms with Crippen molar-refractivity contribution in [2.24, 2.45) is 0 Å². The number of carbonyl (C=O) groups is 1. The lowest BCUT2D eigenvalue weighted by atomic mass is 10.1. The first-order chi connectivity index (χ1) is 9.02. The second-order valence-electron chi connectivity index (χ2n) is 4.25. The van der Waals surface area contributed by atoms with E-state index in [-0.39, 0.29) is 12.2 Å². The molecule has 4 nitrogen and oxygen atoms in total. The van der Waals surface area contributed by atoms with Crippen molar-refractivity contribution < 1.29 is 13.9 Å². The third-order valence-corrected chi connectivity index (χ3v) is 3.35. The molecule has 0 unspecified atom stereocenters. The maximum absolute atomic E-state index is 12.1. The normalized spacial score (nSPS) is 10.5. The van der Waals surface area contributed by atoms with Crippen molar-refractivity contribution in [2.45, 2.75) is 20.3 Å². The lowest BCUT2D eigenvalue weighted by Gasteiger charge is -2.11. The fourth-order valence-electron chi connectivity index (χ4n) is 1.95. The Morgan fingerprint density at radius 2 is 2.16 bits per heavy atom. The van der Waals surface area contributed by atoms with Crippen LogP contribution in [0.4, 0.5) is 0 Å². The van der Waals surface area contributed by atoms with Crippen LogP contribution in [0.15, 0.2) is 27.4 Å². The number of nitrogens with zero attached hydrogens (tertiary/aromatic N) is 1. The molecule has 2 aromatic heterocycles. The van der Waals surface area contributed by atoms with Gasteiger partial charge < -0.3 is 9.15 Å². The maximum atomic E-state index is 12.1. The van der Waals surface area contributed by atoms with Crippen LogP contribution in [0.1, 0.15) is 27.4 Å². The number of halogens is 1. The van der Waals surface area contributed by atoms with Gasteiger partial charge in [0.25, 0.3) is 0 Å². The van der Waals surface area contributed by atoms with Crippen LogP contribution >= 0.6 is 15.9 Å². The summed E-state index contributed by atoms with van der Waals surface area (Å²) in [7, 11) is 1.62. The summed E-state index contributed by atoms with van der Waals surface area (Å²) in [5.74, 6) is 0.998. The highest BCUT2D eigenvalue weighted by Gasteiger charge is 2.16. The van der Waals surface area contributed by atoms with E-state index in [9.17, 15) is 4.79 Å². The van der Waals surface area contributed by atoms with Crippen molar-refractivity contribution in [1.82, 2.24) is 4.98 Å². The molecule has 0 atom stereocenters. The van der Waals surface area contributed by atoms with E-state index in [2.05, 4.69) is 20.9 Å². The zero-order valence-electron chi connectivity index (χ0n) is 11.0. The van der Waals surface area contributed by atoms with Gasteiger partial charge in [0, 0.05) is 17.3 Å². The fourth-order valence-corrected chi connectivity index (χ4v) is 2.26. The van der Waals surface area contributed by atoms with Gasteiger partial charge in [-0.2, -0.15) is 0 Å². The highest BCUT2D eigenvalue weighted by Crippen LogP contribution is 2.25. The van der Waals surface area contributed by atoms with E-state index in [0.717, 1.165) is 16.9 Å². The van der Waals surface area contributed by atoms with E-state index in [1.54, 1.807) is 25.4 Å². The molecule has 0 aliphatic rings. The lowest BCUT2D eigenvalue weighted by molar-refractivity contribution is 0.0964. The zero-order valence-corrected chi connectivity index (χ0v) is 12.6. The molecule has 100 valence electrons. The summed E-state index contributed by atoms with van der Waals surface area (Å²) >= 11 is 3.18. The van der Waals surface area contributed by atoms with E-state index >= 15 is 0 Å². The topological polar surface area (TPSA) is 52.3 Å². The molecule has 2 aromatic rings. The van der Waals surface area contributed by atoms with Gasteiger partial charge in [0.05, 0.1) is 19.2 Å². The van der Waals surface area contributed by atoms with Crippen LogP contribution in [-0.4, -0.2) is 17.9 Å². The molecule has 0 saturated carbocycles. The molecule has 0 aliphatic heterocycles. The number of aryl methyl sites for hydroxylation is 1. The highest BCUT2D eigenvalue weighted by molar-refractivity contribution is 9.10. The van der Waals surface area contributed by atoms with E-state index in [1.807, 2.05) is 13.8 Å². The first-order valence-electron chi connectivity index (χ1n) is 5.80. The Labute approximate surface area is 119 Å². The molecule has 0 aromatic carbocycles. The summed E-state index contributed by atoms with van der Waals surface area (Å²) in [5.41, 5.74) is 2.55. The van der Waals surface area contributed by atoms with Gasteiger partial charge >= 0.3 is 0 Å². The third-order valence-electron chi connectivity index (χ3n) is 2.93. The minimum absolute atomic E-state index is 0.104. The van der Waals surface area contributed by atoms with Gasteiger partial charge in [-0.05, 0) is 41.9 Å². The van der Waals surface area contributed by atoms with Gasteiger partial charge in [-0.3, -0.25) is 9.78 Å². The molecule has 0 bridgehead atoms. The summed E-state index contributed by atoms with van der Waals surface area (Å²) in [6.07, 6.45) is 1.91. The number of ketones is 1. The molecule has 0 amide bonds. The molecule has 19 heavy (non-hydrogen) atoms. The predicted molar refractivity (Wildman–Crippen MR) is 74.7 cm³/mol. The second-order valence-corrected chi connectivity index (χ2v) is 5.03. The van der Waals surface area contributed by atoms with Gasteiger partial charge in [-0.1, -0.05) is 0 Å². The summed E-state index contributed by atoms with van der Waals surface area (Å²) in [6.45, 7) is 3.83. The number of furan rings is 1. The number of hydrogen-bond acceptors (Lipinski definition) is 4. The number of aromatic nitrogens is 1. The fraction of sp³-hybridized carbons (Fsp3) is 0.286. The molecular weight excluding hydrogens is 310 g/mol. The minimum atomic E-state index is -0.104. The predicted octanol–water partition coefficient (Wildman–Crippen LogP) is 3.49. The molecule has 0 N–H and O–H groups in total. The largest absolute Gasteiger partial charge is 0.496 e. The van der Waals surface area contributed by atoms with Gasteiger partial charge in [-0.15, -0.1) is 0 Å². The summed E-state index contributed by atoms with van der Waals surface area (Å²) in [4.78, 5) is 16.4. The number of carbonyl (C=O) groups excluding carboxylic acids is 1. The molecule has 0 spiro atoms. The van der Waals surface area contributed by atoms with Gasteiger partial charge in [-0.25, -0.2) is 0 Å². The first kappa shape index (κ1) is 13.8. The van der Waals surface area contributed by atoms with Crippen molar-refractivity contribution in [1.29, 1.82) is 0 Å². The number of rotatable bonds is 4. The monoisotopic (exact) mass is 323 g/mol. The second kappa shape index (κ2) is 5.57. The number of ether oxygens (including phenoxy) is 1. The van der Waals surface area contributed by atoms with E-state index in [4.69, 9.17) is 9.15 Å². The Morgan fingerprint density at radius 3 is 2.74 bits per heavy atom. The Morgan fingerprint density at radius 1 is 1.42 bits per heavy atom. The summed E-state index contributed by atoms with van der Waals surface area (Å²) in [6, 6.07) is 3.34. The molecule has 0 saturated heterocycles. The van der Waals surface area contributed by atoms with Crippen LogP contribution in [0.25, 0.3) is 0 Å². The van der Waals surface area contributed by atoms with E-state index < -0.39 is 0 Å². The molecule has 2 rings (SSSR count). The molecule has 0 fully saturated rings. The SMILES string of the molecule is COc1c(C)cnc(CC(=O)c2ccc(Br)o2)c1C. The van der Waals surface area contributed by atoms with Crippen LogP contribution < -0.4 is 4.74 Å². The van der Waals surface area contributed by atoms with E-state index in [0.29, 0.717) is 16.1 Å². The third kappa shape index (κ3) is 2.87. The van der Waals surface area contributed by atoms with Gasteiger partial charge in [0.2, 0.25) is 5.78 Å². The zero-order chi connectivity index (χ0) is 14.0. The van der Waals surface area contributed by atoms with Gasteiger partial charge in [0.15, 0.2) is 10.4 Å². The maximum Gasteiger partial charge on any atom is 0.203 e. The van der Waals surface area contributed by atoms with Crippen LogP contribution in [-0.2, 0) is 6.42 Å². The number of methoxy groups -OCH3 is 1. The van der Waals surface area contributed by atoms with Crippen LogP contribution in [0.5, 0.6) is 5.75 Å². The smallest absolute Gasteiger partial charge is 0.203 e. The Hall–Kier alpha value is -1.62. The highest BCUT2D eigenvalue weighted by atomic mass is 79.9. The van der Waals surface area contributed by atoms with Crippen LogP contribution in [0.3, 0.4) is 0 Å². The molecule has 5 heteroatoms. The van der Waals surface area contributed by atoms with Gasteiger partial charge in [0.1, 0.15) is 5.75 Å². The van der Waals surface area contributed by atoms with Crippen LogP contribution in [0.2, 0.25) is 0 Å². The first-order valence-corrected chi connectivity index (χ1v) is 6.59.